The fourth-order valence-corrected chi connectivity index (χ4v) is 3.05. The number of amides is 1. The number of rotatable bonds is 3. The number of benzene rings is 2. The molecule has 0 saturated carbocycles. The first-order valence-electron chi connectivity index (χ1n) is 6.73. The maximum Gasteiger partial charge on any atom is 0.312 e. The van der Waals surface area contributed by atoms with Crippen molar-refractivity contribution in [2.45, 2.75) is 4.90 Å². The summed E-state index contributed by atoms with van der Waals surface area (Å²) in [6.45, 7) is 0. The van der Waals surface area contributed by atoms with E-state index in [4.69, 9.17) is 5.14 Å². The summed E-state index contributed by atoms with van der Waals surface area (Å²) in [5.74, 6) is 3.00. The number of carbonyl (C=O) groups excluding carboxylic acids is 1. The summed E-state index contributed by atoms with van der Waals surface area (Å²) in [6, 6.07) is 13.7. The van der Waals surface area contributed by atoms with Gasteiger partial charge in [0, 0.05) is 16.5 Å². The van der Waals surface area contributed by atoms with Gasteiger partial charge in [0.2, 0.25) is 10.0 Å². The van der Waals surface area contributed by atoms with Crippen LogP contribution in [0.5, 0.6) is 0 Å². The Kier molecular flexibility index (Phi) is 3.64. The molecule has 7 nitrogen and oxygen atoms in total. The number of sulfonamides is 1. The predicted molar refractivity (Wildman–Crippen MR) is 85.5 cm³/mol. The molecule has 0 aliphatic heterocycles. The van der Waals surface area contributed by atoms with Gasteiger partial charge in [-0.2, -0.15) is 0 Å². The van der Waals surface area contributed by atoms with Crippen LogP contribution in [-0.4, -0.2) is 19.3 Å². The normalized spacial score (nSPS) is 11.6. The standard InChI is InChI=1S/C15H14N4O3S/c16-19-15(20)14-13(9-4-2-1-3-5-9)11-8-10(23(17,21)22)6-7-12(11)18-14/h1-8,18H,16H2,(H,19,20)(H2,17,21,22)/p+1. The number of quaternary nitrogens is 1. The van der Waals surface area contributed by atoms with Crippen molar-refractivity contribution in [2.24, 2.45) is 5.14 Å². The van der Waals surface area contributed by atoms with Crippen LogP contribution >= 0.6 is 0 Å². The first-order chi connectivity index (χ1) is 10.9. The Morgan fingerprint density at radius 3 is 2.43 bits per heavy atom. The van der Waals surface area contributed by atoms with Gasteiger partial charge in [-0.15, -0.1) is 0 Å². The number of hydrogen-bond acceptors (Lipinski definition) is 3. The van der Waals surface area contributed by atoms with Gasteiger partial charge in [-0.05, 0) is 23.8 Å². The summed E-state index contributed by atoms with van der Waals surface area (Å²) < 4.78 is 23.2. The minimum absolute atomic E-state index is 0.0113. The molecule has 0 atom stereocenters. The largest absolute Gasteiger partial charge is 0.350 e. The highest BCUT2D eigenvalue weighted by atomic mass is 32.2. The fraction of sp³-hybridized carbons (Fsp3) is 0. The zero-order chi connectivity index (χ0) is 16.6. The first-order valence-corrected chi connectivity index (χ1v) is 8.28. The molecule has 23 heavy (non-hydrogen) atoms. The highest BCUT2D eigenvalue weighted by molar-refractivity contribution is 7.89. The van der Waals surface area contributed by atoms with Gasteiger partial charge in [0.15, 0.2) is 0 Å². The van der Waals surface area contributed by atoms with Crippen LogP contribution in [0.4, 0.5) is 0 Å². The second-order valence-corrected chi connectivity index (χ2v) is 6.56. The third kappa shape index (κ3) is 2.70. The number of aromatic nitrogens is 1. The predicted octanol–water partition coefficient (Wildman–Crippen LogP) is 0.369. The second-order valence-electron chi connectivity index (χ2n) is 5.00. The number of nitrogens with one attached hydrogen (secondary N) is 2. The van der Waals surface area contributed by atoms with Crippen molar-refractivity contribution < 1.29 is 19.1 Å². The molecule has 0 unspecified atom stereocenters. The summed E-state index contributed by atoms with van der Waals surface area (Å²) in [7, 11) is -3.84. The molecule has 1 amide bonds. The van der Waals surface area contributed by atoms with E-state index in [0.29, 0.717) is 22.2 Å². The van der Waals surface area contributed by atoms with Gasteiger partial charge < -0.3 is 4.98 Å². The quantitative estimate of drug-likeness (QED) is 0.517. The molecule has 3 aromatic rings. The molecule has 1 aromatic heterocycles. The molecule has 0 radical (unpaired) electrons. The number of aromatic amines is 1. The number of hydrogen-bond donors (Lipinski definition) is 4. The molecule has 0 fully saturated rings. The van der Waals surface area contributed by atoms with Gasteiger partial charge in [0.25, 0.3) is 0 Å². The highest BCUT2D eigenvalue weighted by Crippen LogP contribution is 2.33. The molecule has 0 spiro atoms. The lowest BCUT2D eigenvalue weighted by molar-refractivity contribution is -0.423. The van der Waals surface area contributed by atoms with E-state index in [0.717, 1.165) is 5.56 Å². The third-order valence-electron chi connectivity index (χ3n) is 3.55. The van der Waals surface area contributed by atoms with Crippen molar-refractivity contribution in [3.8, 4) is 11.1 Å². The third-order valence-corrected chi connectivity index (χ3v) is 4.46. The molecule has 0 aliphatic carbocycles. The number of primary sulfonamides is 1. The summed E-state index contributed by atoms with van der Waals surface area (Å²) >= 11 is 0. The van der Waals surface area contributed by atoms with Crippen molar-refractivity contribution in [3.05, 3.63) is 54.2 Å². The van der Waals surface area contributed by atoms with Crippen molar-refractivity contribution >= 4 is 26.8 Å². The van der Waals surface area contributed by atoms with Gasteiger partial charge in [-0.3, -0.25) is 10.6 Å². The number of fused-ring (bicyclic) bond motifs is 1. The van der Waals surface area contributed by atoms with Crippen molar-refractivity contribution in [3.63, 3.8) is 0 Å². The molecule has 118 valence electrons. The minimum Gasteiger partial charge on any atom is -0.350 e. The topological polar surface area (TPSA) is 133 Å². The van der Waals surface area contributed by atoms with E-state index in [1.807, 2.05) is 30.3 Å². The van der Waals surface area contributed by atoms with Crippen LogP contribution in [0, 0.1) is 0 Å². The van der Waals surface area contributed by atoms with Crippen molar-refractivity contribution in [1.29, 1.82) is 0 Å². The van der Waals surface area contributed by atoms with E-state index in [1.165, 1.54) is 12.1 Å². The van der Waals surface area contributed by atoms with Crippen LogP contribution in [0.25, 0.3) is 22.0 Å². The van der Waals surface area contributed by atoms with E-state index in [9.17, 15) is 13.2 Å². The maximum absolute atomic E-state index is 12.1. The Morgan fingerprint density at radius 1 is 1.13 bits per heavy atom. The Bertz CT molecular complexity index is 994. The smallest absolute Gasteiger partial charge is 0.312 e. The SMILES string of the molecule is NS(=O)(=O)c1ccc2[nH]c(C(=O)N[NH3+])c(-c3ccccc3)c2c1. The van der Waals surface area contributed by atoms with Gasteiger partial charge in [0.05, 0.1) is 4.90 Å². The van der Waals surface area contributed by atoms with Crippen LogP contribution in [0.2, 0.25) is 0 Å². The molecular formula is C15H15N4O3S+. The van der Waals surface area contributed by atoms with Gasteiger partial charge in [-0.25, -0.2) is 19.0 Å². The summed E-state index contributed by atoms with van der Waals surface area (Å²) in [6.07, 6.45) is 0. The van der Waals surface area contributed by atoms with Crippen LogP contribution < -0.4 is 16.4 Å². The molecule has 7 N–H and O–H groups in total. The monoisotopic (exact) mass is 331 g/mol. The van der Waals surface area contributed by atoms with Crippen LogP contribution in [0.3, 0.4) is 0 Å². The van der Waals surface area contributed by atoms with Crippen LogP contribution in [0.1, 0.15) is 10.5 Å². The van der Waals surface area contributed by atoms with Crippen molar-refractivity contribution in [2.75, 3.05) is 0 Å². The molecule has 0 saturated heterocycles. The first kappa shape index (κ1) is 15.2. The Balaban J connectivity index is 2.38. The molecule has 1 heterocycles. The zero-order valence-electron chi connectivity index (χ0n) is 12.0. The average molecular weight is 331 g/mol. The molecule has 2 aromatic carbocycles. The number of H-pyrrole nitrogens is 1. The lowest BCUT2D eigenvalue weighted by Gasteiger charge is -2.04. The van der Waals surface area contributed by atoms with E-state index >= 15 is 0 Å². The van der Waals surface area contributed by atoms with E-state index in [-0.39, 0.29) is 4.90 Å². The zero-order valence-corrected chi connectivity index (χ0v) is 12.9. The molecular weight excluding hydrogens is 316 g/mol. The van der Waals surface area contributed by atoms with Crippen molar-refractivity contribution in [1.82, 2.24) is 10.4 Å². The molecule has 0 aliphatic rings. The molecule has 3 rings (SSSR count). The lowest BCUT2D eigenvalue weighted by atomic mass is 10.0. The van der Waals surface area contributed by atoms with Crippen LogP contribution in [0.15, 0.2) is 53.4 Å². The maximum atomic E-state index is 12.1. The van der Waals surface area contributed by atoms with E-state index < -0.39 is 15.9 Å². The second kappa shape index (κ2) is 5.51. The molecule has 0 bridgehead atoms. The van der Waals surface area contributed by atoms with Gasteiger partial charge >= 0.3 is 5.91 Å². The highest BCUT2D eigenvalue weighted by Gasteiger charge is 2.21. The number of carbonyl (C=O) groups is 1. The number of nitrogens with two attached hydrogens (primary N) is 1. The summed E-state index contributed by atoms with van der Waals surface area (Å²) in [4.78, 5) is 15.1. The summed E-state index contributed by atoms with van der Waals surface area (Å²) in [5.41, 5.74) is 4.67. The average Bonchev–Trinajstić information content (AvgIpc) is 2.92. The van der Waals surface area contributed by atoms with Gasteiger partial charge in [0.1, 0.15) is 5.69 Å². The van der Waals surface area contributed by atoms with E-state index in [2.05, 4.69) is 16.3 Å². The fourth-order valence-electron chi connectivity index (χ4n) is 2.51. The summed E-state index contributed by atoms with van der Waals surface area (Å²) in [5, 5.41) is 5.80. The lowest BCUT2D eigenvalue weighted by Crippen LogP contribution is -2.67. The Labute approximate surface area is 132 Å². The van der Waals surface area contributed by atoms with E-state index in [1.54, 1.807) is 6.07 Å². The van der Waals surface area contributed by atoms with Gasteiger partial charge in [-0.1, -0.05) is 30.3 Å². The Hall–Kier alpha value is -2.68. The molecule has 8 heteroatoms. The Morgan fingerprint density at radius 2 is 1.83 bits per heavy atom. The van der Waals surface area contributed by atoms with Crippen LogP contribution in [-0.2, 0) is 10.0 Å². The minimum atomic E-state index is -3.84.